The molecule has 1 aromatic carbocycles. The van der Waals surface area contributed by atoms with E-state index < -0.39 is 0 Å². The summed E-state index contributed by atoms with van der Waals surface area (Å²) in [6.45, 7) is 0.706. The number of nitrogens with one attached hydrogen (secondary N) is 1. The molecule has 0 spiro atoms. The summed E-state index contributed by atoms with van der Waals surface area (Å²) in [5.41, 5.74) is 7.60. The van der Waals surface area contributed by atoms with Gasteiger partial charge < -0.3 is 11.1 Å². The average molecular weight is 231 g/mol. The minimum Gasteiger partial charge on any atom is -0.395 e. The summed E-state index contributed by atoms with van der Waals surface area (Å²) in [6, 6.07) is 8.67. The molecule has 88 valence electrons. The van der Waals surface area contributed by atoms with Gasteiger partial charge in [-0.05, 0) is 36.2 Å². The summed E-state index contributed by atoms with van der Waals surface area (Å²) < 4.78 is 13.2. The van der Waals surface area contributed by atoms with E-state index in [1.165, 1.54) is 11.6 Å². The van der Waals surface area contributed by atoms with Crippen LogP contribution in [0.2, 0.25) is 0 Å². The van der Waals surface area contributed by atoms with E-state index in [1.807, 2.05) is 12.1 Å². The highest BCUT2D eigenvalue weighted by Crippen LogP contribution is 2.20. The SMILES string of the molecule is Nc1c(F)cccc1NCCc1ccncc1. The molecule has 3 N–H and O–H groups in total. The van der Waals surface area contributed by atoms with Crippen molar-refractivity contribution in [3.63, 3.8) is 0 Å². The van der Waals surface area contributed by atoms with Crippen molar-refractivity contribution in [2.45, 2.75) is 6.42 Å². The average Bonchev–Trinajstić information content (AvgIpc) is 2.36. The molecular formula is C13H14FN3. The Morgan fingerprint density at radius 1 is 1.18 bits per heavy atom. The first-order chi connectivity index (χ1) is 8.27. The fourth-order valence-corrected chi connectivity index (χ4v) is 1.58. The van der Waals surface area contributed by atoms with Crippen LogP contribution in [0.3, 0.4) is 0 Å². The highest BCUT2D eigenvalue weighted by Gasteiger charge is 2.02. The lowest BCUT2D eigenvalue weighted by Crippen LogP contribution is -2.07. The zero-order valence-corrected chi connectivity index (χ0v) is 9.36. The van der Waals surface area contributed by atoms with E-state index in [4.69, 9.17) is 5.73 Å². The molecular weight excluding hydrogens is 217 g/mol. The van der Waals surface area contributed by atoms with Gasteiger partial charge >= 0.3 is 0 Å². The minimum atomic E-state index is -0.390. The second-order valence-electron chi connectivity index (χ2n) is 3.73. The molecule has 0 bridgehead atoms. The van der Waals surface area contributed by atoms with Crippen molar-refractivity contribution in [1.82, 2.24) is 4.98 Å². The van der Waals surface area contributed by atoms with Gasteiger partial charge in [0.05, 0.1) is 11.4 Å². The Hall–Kier alpha value is -2.10. The van der Waals surface area contributed by atoms with Crippen molar-refractivity contribution in [3.8, 4) is 0 Å². The molecule has 0 saturated carbocycles. The monoisotopic (exact) mass is 231 g/mol. The van der Waals surface area contributed by atoms with Crippen molar-refractivity contribution in [2.24, 2.45) is 0 Å². The second-order valence-corrected chi connectivity index (χ2v) is 3.73. The Kier molecular flexibility index (Phi) is 3.55. The molecule has 0 saturated heterocycles. The predicted molar refractivity (Wildman–Crippen MR) is 67.2 cm³/mol. The van der Waals surface area contributed by atoms with Crippen LogP contribution in [0.5, 0.6) is 0 Å². The van der Waals surface area contributed by atoms with Crippen molar-refractivity contribution in [2.75, 3.05) is 17.6 Å². The summed E-state index contributed by atoms with van der Waals surface area (Å²) >= 11 is 0. The molecule has 2 aromatic rings. The first kappa shape index (κ1) is 11.4. The minimum absolute atomic E-state index is 0.169. The normalized spacial score (nSPS) is 10.2. The first-order valence-electron chi connectivity index (χ1n) is 5.44. The lowest BCUT2D eigenvalue weighted by molar-refractivity contribution is 0.633. The summed E-state index contributed by atoms with van der Waals surface area (Å²) in [5.74, 6) is -0.390. The molecule has 3 nitrogen and oxygen atoms in total. The quantitative estimate of drug-likeness (QED) is 0.795. The van der Waals surface area contributed by atoms with Crippen LogP contribution in [-0.2, 0) is 6.42 Å². The third-order valence-corrected chi connectivity index (χ3v) is 2.53. The number of hydrogen-bond donors (Lipinski definition) is 2. The van der Waals surface area contributed by atoms with Crippen LogP contribution in [0.15, 0.2) is 42.7 Å². The largest absolute Gasteiger partial charge is 0.395 e. The third kappa shape index (κ3) is 2.93. The van der Waals surface area contributed by atoms with Crippen molar-refractivity contribution in [3.05, 3.63) is 54.1 Å². The van der Waals surface area contributed by atoms with Crippen LogP contribution in [-0.4, -0.2) is 11.5 Å². The van der Waals surface area contributed by atoms with Crippen molar-refractivity contribution >= 4 is 11.4 Å². The fraction of sp³-hybridized carbons (Fsp3) is 0.154. The van der Waals surface area contributed by atoms with Crippen LogP contribution in [0.1, 0.15) is 5.56 Å². The third-order valence-electron chi connectivity index (χ3n) is 2.53. The number of nitrogens with two attached hydrogens (primary N) is 1. The Bertz CT molecular complexity index is 485. The number of nitrogen functional groups attached to an aromatic ring is 1. The summed E-state index contributed by atoms with van der Waals surface area (Å²) in [4.78, 5) is 3.95. The summed E-state index contributed by atoms with van der Waals surface area (Å²) in [5, 5.41) is 3.12. The molecule has 1 aromatic heterocycles. The van der Waals surface area contributed by atoms with Gasteiger partial charge in [0.1, 0.15) is 5.82 Å². The Balaban J connectivity index is 1.93. The van der Waals surface area contributed by atoms with Gasteiger partial charge in [0.15, 0.2) is 0 Å². The maximum Gasteiger partial charge on any atom is 0.148 e. The molecule has 4 heteroatoms. The maximum absolute atomic E-state index is 13.2. The number of benzene rings is 1. The number of aromatic nitrogens is 1. The highest BCUT2D eigenvalue weighted by atomic mass is 19.1. The second kappa shape index (κ2) is 5.30. The lowest BCUT2D eigenvalue weighted by Gasteiger charge is -2.09. The summed E-state index contributed by atoms with van der Waals surface area (Å²) in [6.07, 6.45) is 4.36. The van der Waals surface area contributed by atoms with Crippen LogP contribution in [0, 0.1) is 5.82 Å². The highest BCUT2D eigenvalue weighted by molar-refractivity contribution is 5.66. The molecule has 2 rings (SSSR count). The van der Waals surface area contributed by atoms with Crippen LogP contribution < -0.4 is 11.1 Å². The Labute approximate surface area is 99.5 Å². The van der Waals surface area contributed by atoms with E-state index in [9.17, 15) is 4.39 Å². The van der Waals surface area contributed by atoms with Gasteiger partial charge in [-0.2, -0.15) is 0 Å². The number of nitrogens with zero attached hydrogens (tertiary/aromatic N) is 1. The molecule has 0 aliphatic rings. The number of halogens is 1. The molecule has 0 radical (unpaired) electrons. The van der Waals surface area contributed by atoms with Crippen LogP contribution >= 0.6 is 0 Å². The Morgan fingerprint density at radius 2 is 1.94 bits per heavy atom. The molecule has 0 unspecified atom stereocenters. The maximum atomic E-state index is 13.2. The molecule has 0 atom stereocenters. The number of anilines is 2. The van der Waals surface area contributed by atoms with Crippen molar-refractivity contribution < 1.29 is 4.39 Å². The van der Waals surface area contributed by atoms with E-state index in [2.05, 4.69) is 10.3 Å². The fourth-order valence-electron chi connectivity index (χ4n) is 1.58. The zero-order chi connectivity index (χ0) is 12.1. The van der Waals surface area contributed by atoms with Crippen LogP contribution in [0.25, 0.3) is 0 Å². The van der Waals surface area contributed by atoms with Crippen LogP contribution in [0.4, 0.5) is 15.8 Å². The smallest absolute Gasteiger partial charge is 0.148 e. The first-order valence-corrected chi connectivity index (χ1v) is 5.44. The Morgan fingerprint density at radius 3 is 2.71 bits per heavy atom. The van der Waals surface area contributed by atoms with Gasteiger partial charge in [0, 0.05) is 18.9 Å². The number of hydrogen-bond acceptors (Lipinski definition) is 3. The molecule has 0 aliphatic carbocycles. The lowest BCUT2D eigenvalue weighted by atomic mass is 10.2. The molecule has 17 heavy (non-hydrogen) atoms. The van der Waals surface area contributed by atoms with E-state index in [0.29, 0.717) is 12.2 Å². The number of rotatable bonds is 4. The molecule has 0 amide bonds. The van der Waals surface area contributed by atoms with E-state index in [-0.39, 0.29) is 11.5 Å². The van der Waals surface area contributed by atoms with Gasteiger partial charge in [-0.15, -0.1) is 0 Å². The number of pyridine rings is 1. The molecule has 0 aliphatic heterocycles. The predicted octanol–water partition coefficient (Wildman–Crippen LogP) is 2.46. The topological polar surface area (TPSA) is 50.9 Å². The van der Waals surface area contributed by atoms with E-state index in [1.54, 1.807) is 24.5 Å². The standard InChI is InChI=1S/C13H14FN3/c14-11-2-1-3-12(13(11)15)17-9-6-10-4-7-16-8-5-10/h1-5,7-8,17H,6,9,15H2. The van der Waals surface area contributed by atoms with E-state index in [0.717, 1.165) is 6.42 Å². The number of para-hydroxylation sites is 1. The molecule has 0 fully saturated rings. The van der Waals surface area contributed by atoms with Crippen molar-refractivity contribution in [1.29, 1.82) is 0 Å². The van der Waals surface area contributed by atoms with E-state index >= 15 is 0 Å². The van der Waals surface area contributed by atoms with Gasteiger partial charge in [-0.25, -0.2) is 4.39 Å². The zero-order valence-electron chi connectivity index (χ0n) is 9.36. The van der Waals surface area contributed by atoms with Gasteiger partial charge in [0.25, 0.3) is 0 Å². The summed E-state index contributed by atoms with van der Waals surface area (Å²) in [7, 11) is 0. The molecule has 1 heterocycles. The van der Waals surface area contributed by atoms with Gasteiger partial charge in [-0.1, -0.05) is 6.07 Å². The van der Waals surface area contributed by atoms with Gasteiger partial charge in [-0.3, -0.25) is 4.98 Å². The van der Waals surface area contributed by atoms with Gasteiger partial charge in [0.2, 0.25) is 0 Å².